The Balaban J connectivity index is 1.43. The fourth-order valence-electron chi connectivity index (χ4n) is 4.14. The largest absolute Gasteiger partial charge is 0.489 e. The van der Waals surface area contributed by atoms with Crippen molar-refractivity contribution in [3.8, 4) is 5.75 Å². The van der Waals surface area contributed by atoms with Crippen molar-refractivity contribution in [3.05, 3.63) is 70.9 Å². The van der Waals surface area contributed by atoms with Crippen LogP contribution < -0.4 is 4.74 Å². The first-order valence-electron chi connectivity index (χ1n) is 10.2. The van der Waals surface area contributed by atoms with E-state index in [4.69, 9.17) is 16.3 Å². The van der Waals surface area contributed by atoms with Crippen LogP contribution in [0.3, 0.4) is 0 Å². The van der Waals surface area contributed by atoms with Gasteiger partial charge in [0.15, 0.2) is 0 Å². The Labute approximate surface area is 177 Å². The average Bonchev–Trinajstić information content (AvgIpc) is 3.03. The number of ether oxygens (including phenoxy) is 1. The van der Waals surface area contributed by atoms with Gasteiger partial charge in [-0.25, -0.2) is 0 Å². The molecule has 1 N–H and O–H groups in total. The number of likely N-dealkylation sites (tertiary alicyclic amines) is 1. The summed E-state index contributed by atoms with van der Waals surface area (Å²) in [6, 6.07) is 16.2. The lowest BCUT2D eigenvalue weighted by atomic mass is 9.94. The van der Waals surface area contributed by atoms with Crippen molar-refractivity contribution in [2.75, 3.05) is 13.1 Å². The standard InChI is InChI=1S/C24H27ClN2O2/c1-16(2)29-24-8-7-17(11-21(24)25)13-27-14-19(23(28)15-27)12-18-9-10-26-22-6-4-3-5-20(18)22/h3-11,16,19,23,28H,12-15H2,1-2H3/t19-,23-/m1/s1. The molecule has 1 aliphatic rings. The third-order valence-electron chi connectivity index (χ3n) is 5.47. The number of aromatic nitrogens is 1. The average molecular weight is 411 g/mol. The van der Waals surface area contributed by atoms with Crippen LogP contribution in [0.15, 0.2) is 54.7 Å². The zero-order valence-electron chi connectivity index (χ0n) is 16.9. The third kappa shape index (κ3) is 4.72. The van der Waals surface area contributed by atoms with E-state index < -0.39 is 0 Å². The summed E-state index contributed by atoms with van der Waals surface area (Å²) < 4.78 is 5.71. The molecule has 0 unspecified atom stereocenters. The second-order valence-corrected chi connectivity index (χ2v) is 8.55. The molecule has 2 heterocycles. The normalized spacial score (nSPS) is 19.9. The molecule has 1 fully saturated rings. The first kappa shape index (κ1) is 20.1. The Bertz CT molecular complexity index is 986. The summed E-state index contributed by atoms with van der Waals surface area (Å²) in [6.07, 6.45) is 2.47. The van der Waals surface area contributed by atoms with Crippen LogP contribution in [-0.4, -0.2) is 40.3 Å². The van der Waals surface area contributed by atoms with Crippen molar-refractivity contribution in [3.63, 3.8) is 0 Å². The van der Waals surface area contributed by atoms with Crippen molar-refractivity contribution in [2.45, 2.75) is 39.0 Å². The molecule has 2 aromatic carbocycles. The third-order valence-corrected chi connectivity index (χ3v) is 5.76. The topological polar surface area (TPSA) is 45.6 Å². The molecule has 29 heavy (non-hydrogen) atoms. The Morgan fingerprint density at radius 1 is 1.17 bits per heavy atom. The minimum Gasteiger partial charge on any atom is -0.489 e. The molecule has 1 saturated heterocycles. The Hall–Kier alpha value is -2.14. The first-order valence-corrected chi connectivity index (χ1v) is 10.6. The number of hydrogen-bond acceptors (Lipinski definition) is 4. The number of halogens is 1. The van der Waals surface area contributed by atoms with Gasteiger partial charge in [-0.2, -0.15) is 0 Å². The molecule has 0 bridgehead atoms. The maximum Gasteiger partial charge on any atom is 0.138 e. The van der Waals surface area contributed by atoms with Crippen molar-refractivity contribution in [2.24, 2.45) is 5.92 Å². The van der Waals surface area contributed by atoms with Crippen LogP contribution in [0.1, 0.15) is 25.0 Å². The van der Waals surface area contributed by atoms with E-state index in [2.05, 4.69) is 28.1 Å². The molecule has 0 spiro atoms. The lowest BCUT2D eigenvalue weighted by molar-refractivity contribution is 0.141. The molecular weight excluding hydrogens is 384 g/mol. The summed E-state index contributed by atoms with van der Waals surface area (Å²) >= 11 is 6.38. The predicted molar refractivity (Wildman–Crippen MR) is 117 cm³/mol. The molecule has 0 aliphatic carbocycles. The number of benzene rings is 2. The smallest absolute Gasteiger partial charge is 0.138 e. The van der Waals surface area contributed by atoms with Crippen LogP contribution in [0, 0.1) is 5.92 Å². The molecule has 2 atom stereocenters. The van der Waals surface area contributed by atoms with Gasteiger partial charge in [-0.15, -0.1) is 0 Å². The van der Waals surface area contributed by atoms with E-state index in [0.29, 0.717) is 17.3 Å². The number of rotatable bonds is 6. The molecule has 4 nitrogen and oxygen atoms in total. The van der Waals surface area contributed by atoms with E-state index in [1.165, 1.54) is 10.9 Å². The number of nitrogens with zero attached hydrogens (tertiary/aromatic N) is 2. The molecule has 3 aromatic rings. The number of pyridine rings is 1. The Morgan fingerprint density at radius 3 is 2.79 bits per heavy atom. The first-order chi connectivity index (χ1) is 14.0. The molecule has 0 amide bonds. The summed E-state index contributed by atoms with van der Waals surface area (Å²) in [5.41, 5.74) is 3.39. The van der Waals surface area contributed by atoms with Gasteiger partial charge in [-0.05, 0) is 55.7 Å². The minimum atomic E-state index is -0.332. The van der Waals surface area contributed by atoms with Crippen LogP contribution in [0.4, 0.5) is 0 Å². The van der Waals surface area contributed by atoms with Crippen LogP contribution in [-0.2, 0) is 13.0 Å². The summed E-state index contributed by atoms with van der Waals surface area (Å²) in [4.78, 5) is 6.74. The van der Waals surface area contributed by atoms with Crippen molar-refractivity contribution < 1.29 is 9.84 Å². The monoisotopic (exact) mass is 410 g/mol. The van der Waals surface area contributed by atoms with Crippen LogP contribution in [0.25, 0.3) is 10.9 Å². The van der Waals surface area contributed by atoms with Crippen molar-refractivity contribution >= 4 is 22.5 Å². The molecular formula is C24H27ClN2O2. The summed E-state index contributed by atoms with van der Waals surface area (Å²) in [7, 11) is 0. The number of fused-ring (bicyclic) bond motifs is 1. The van der Waals surface area contributed by atoms with E-state index in [9.17, 15) is 5.11 Å². The van der Waals surface area contributed by atoms with Crippen molar-refractivity contribution in [1.29, 1.82) is 0 Å². The van der Waals surface area contributed by atoms with Gasteiger partial charge in [-0.3, -0.25) is 9.88 Å². The second kappa shape index (κ2) is 8.70. The zero-order chi connectivity index (χ0) is 20.4. The highest BCUT2D eigenvalue weighted by molar-refractivity contribution is 6.32. The molecule has 1 aliphatic heterocycles. The maximum absolute atomic E-state index is 10.7. The summed E-state index contributed by atoms with van der Waals surface area (Å²) in [5, 5.41) is 12.5. The van der Waals surface area contributed by atoms with E-state index in [0.717, 1.165) is 30.6 Å². The summed E-state index contributed by atoms with van der Waals surface area (Å²) in [6.45, 7) is 6.28. The van der Waals surface area contributed by atoms with Gasteiger partial charge in [0.25, 0.3) is 0 Å². The lowest BCUT2D eigenvalue weighted by Crippen LogP contribution is -2.21. The highest BCUT2D eigenvalue weighted by Crippen LogP contribution is 2.29. The van der Waals surface area contributed by atoms with E-state index in [1.807, 2.05) is 50.4 Å². The summed E-state index contributed by atoms with van der Waals surface area (Å²) in [5.74, 6) is 0.925. The van der Waals surface area contributed by atoms with Gasteiger partial charge in [-0.1, -0.05) is 35.9 Å². The SMILES string of the molecule is CC(C)Oc1ccc(CN2C[C@@H](Cc3ccnc4ccccc34)[C@H](O)C2)cc1Cl. The number of hydrogen-bond donors (Lipinski definition) is 1. The van der Waals surface area contributed by atoms with Gasteiger partial charge >= 0.3 is 0 Å². The van der Waals surface area contributed by atoms with E-state index in [-0.39, 0.29) is 18.1 Å². The van der Waals surface area contributed by atoms with Gasteiger partial charge in [0.05, 0.1) is 22.7 Å². The van der Waals surface area contributed by atoms with E-state index in [1.54, 1.807) is 0 Å². The van der Waals surface area contributed by atoms with Crippen LogP contribution in [0.2, 0.25) is 5.02 Å². The minimum absolute atomic E-state index is 0.0945. The quantitative estimate of drug-likeness (QED) is 0.639. The maximum atomic E-state index is 10.7. The van der Waals surface area contributed by atoms with Crippen molar-refractivity contribution in [1.82, 2.24) is 9.88 Å². The number of para-hydroxylation sites is 1. The molecule has 4 rings (SSSR count). The van der Waals surface area contributed by atoms with Crippen LogP contribution in [0.5, 0.6) is 5.75 Å². The fraction of sp³-hybridized carbons (Fsp3) is 0.375. The number of aliphatic hydroxyl groups is 1. The number of aliphatic hydroxyl groups excluding tert-OH is 1. The Kier molecular flexibility index (Phi) is 6.04. The van der Waals surface area contributed by atoms with Gasteiger partial charge in [0.1, 0.15) is 5.75 Å². The van der Waals surface area contributed by atoms with Gasteiger partial charge in [0, 0.05) is 37.1 Å². The van der Waals surface area contributed by atoms with Gasteiger partial charge in [0.2, 0.25) is 0 Å². The van der Waals surface area contributed by atoms with E-state index >= 15 is 0 Å². The Morgan fingerprint density at radius 2 is 2.00 bits per heavy atom. The zero-order valence-corrected chi connectivity index (χ0v) is 17.6. The fourth-order valence-corrected chi connectivity index (χ4v) is 4.38. The predicted octanol–water partition coefficient (Wildman–Crippen LogP) is 4.71. The lowest BCUT2D eigenvalue weighted by Gasteiger charge is -2.17. The molecule has 5 heteroatoms. The molecule has 0 saturated carbocycles. The highest BCUT2D eigenvalue weighted by atomic mass is 35.5. The van der Waals surface area contributed by atoms with Gasteiger partial charge < -0.3 is 9.84 Å². The molecule has 1 aromatic heterocycles. The van der Waals surface area contributed by atoms with Crippen LogP contribution >= 0.6 is 11.6 Å². The highest BCUT2D eigenvalue weighted by Gasteiger charge is 2.31. The molecule has 0 radical (unpaired) electrons. The number of β-amino-alcohol motifs (C(OH)–C–C–N with tert-alkyl or cyclic N) is 1. The second-order valence-electron chi connectivity index (χ2n) is 8.14. The molecule has 152 valence electrons.